The fourth-order valence-electron chi connectivity index (χ4n) is 9.56. The van der Waals surface area contributed by atoms with Gasteiger partial charge in [0.25, 0.3) is 0 Å². The zero-order valence-corrected chi connectivity index (χ0v) is 44.1. The van der Waals surface area contributed by atoms with Gasteiger partial charge in [0, 0.05) is 0 Å². The number of aliphatic hydroxyl groups excluding tert-OH is 7. The van der Waals surface area contributed by atoms with Gasteiger partial charge in [0.2, 0.25) is 5.91 Å². The summed E-state index contributed by atoms with van der Waals surface area (Å²) >= 11 is 0. The minimum absolute atomic E-state index is 0.262. The zero-order valence-electron chi connectivity index (χ0n) is 44.1. The minimum Gasteiger partial charge on any atom is -0.394 e. The summed E-state index contributed by atoms with van der Waals surface area (Å²) < 4.78 is 11.1. The second-order valence-corrected chi connectivity index (χ2v) is 20.7. The first-order valence-corrected chi connectivity index (χ1v) is 29.1. The maximum absolute atomic E-state index is 13.2. The first-order valence-electron chi connectivity index (χ1n) is 29.1. The summed E-state index contributed by atoms with van der Waals surface area (Å²) in [6, 6.07) is -1.17. The normalized spacial score (nSPS) is 20.5. The number of amides is 1. The van der Waals surface area contributed by atoms with Crippen LogP contribution in [0.15, 0.2) is 12.2 Å². The Morgan fingerprint density at radius 2 is 0.853 bits per heavy atom. The number of aliphatic hydroxyl groups is 7. The summed E-state index contributed by atoms with van der Waals surface area (Å²) in [6.45, 7) is 3.48. The third-order valence-corrected chi connectivity index (χ3v) is 14.3. The number of nitrogens with one attached hydrogen (secondary N) is 1. The molecule has 0 bridgehead atoms. The van der Waals surface area contributed by atoms with Gasteiger partial charge in [-0.1, -0.05) is 251 Å². The van der Waals surface area contributed by atoms with Crippen molar-refractivity contribution in [3.63, 3.8) is 0 Å². The molecule has 11 nitrogen and oxygen atoms in total. The van der Waals surface area contributed by atoms with Crippen LogP contribution in [0.3, 0.4) is 0 Å². The molecule has 9 unspecified atom stereocenters. The number of carbonyl (C=O) groups is 1. The van der Waals surface area contributed by atoms with Crippen molar-refractivity contribution in [2.45, 2.75) is 332 Å². The largest absolute Gasteiger partial charge is 0.394 e. The third kappa shape index (κ3) is 35.1. The zero-order chi connectivity index (χ0) is 49.7. The quantitative estimate of drug-likeness (QED) is 0.0215. The van der Waals surface area contributed by atoms with Crippen LogP contribution in [0.5, 0.6) is 0 Å². The molecular weight excluding hydrogens is 859 g/mol. The Labute approximate surface area is 417 Å². The second kappa shape index (κ2) is 46.9. The predicted molar refractivity (Wildman–Crippen MR) is 279 cm³/mol. The molecule has 0 radical (unpaired) electrons. The van der Waals surface area contributed by atoms with Crippen molar-refractivity contribution in [3.8, 4) is 0 Å². The number of ether oxygens (including phenoxy) is 2. The number of unbranched alkanes of at least 4 members (excludes halogenated alkanes) is 36. The monoisotopic (exact) mass is 970 g/mol. The van der Waals surface area contributed by atoms with E-state index in [1.807, 2.05) is 0 Å². The third-order valence-electron chi connectivity index (χ3n) is 14.3. The molecule has 1 aliphatic rings. The van der Waals surface area contributed by atoms with E-state index in [0.29, 0.717) is 19.3 Å². The Morgan fingerprint density at radius 1 is 0.500 bits per heavy atom. The van der Waals surface area contributed by atoms with E-state index in [4.69, 9.17) is 9.47 Å². The SMILES string of the molecule is CCCCCCCCCCCCCC/C=C\CCCCCCCCCCCCC(O)C(=O)NC(COC1OC(CO)C(O)C(O)C1O)C(O)C(O)CCCCCCCCCCCCCCCCC. The molecule has 1 amide bonds. The van der Waals surface area contributed by atoms with Gasteiger partial charge in [-0.3, -0.25) is 4.79 Å². The lowest BCUT2D eigenvalue weighted by molar-refractivity contribution is -0.303. The van der Waals surface area contributed by atoms with Crippen LogP contribution in [-0.4, -0.2) is 110 Å². The van der Waals surface area contributed by atoms with Crippen molar-refractivity contribution in [2.24, 2.45) is 0 Å². The Kier molecular flexibility index (Phi) is 44.7. The molecule has 68 heavy (non-hydrogen) atoms. The van der Waals surface area contributed by atoms with Crippen LogP contribution < -0.4 is 5.32 Å². The first-order chi connectivity index (χ1) is 33.2. The lowest BCUT2D eigenvalue weighted by Crippen LogP contribution is -2.60. The molecule has 0 aromatic rings. The van der Waals surface area contributed by atoms with E-state index in [0.717, 1.165) is 38.5 Å². The van der Waals surface area contributed by atoms with E-state index in [1.165, 1.54) is 199 Å². The number of allylic oxidation sites excluding steroid dienone is 2. The maximum atomic E-state index is 13.2. The molecule has 11 heteroatoms. The lowest BCUT2D eigenvalue weighted by Gasteiger charge is -2.40. The number of rotatable bonds is 50. The van der Waals surface area contributed by atoms with Gasteiger partial charge in [-0.2, -0.15) is 0 Å². The molecule has 1 rings (SSSR count). The van der Waals surface area contributed by atoms with Gasteiger partial charge in [0.1, 0.15) is 36.6 Å². The van der Waals surface area contributed by atoms with Crippen LogP contribution in [0.25, 0.3) is 0 Å². The van der Waals surface area contributed by atoms with E-state index in [2.05, 4.69) is 31.3 Å². The molecule has 0 aliphatic carbocycles. The van der Waals surface area contributed by atoms with Crippen LogP contribution >= 0.6 is 0 Å². The summed E-state index contributed by atoms with van der Waals surface area (Å²) in [5.74, 6) is -0.694. The van der Waals surface area contributed by atoms with Crippen molar-refractivity contribution < 1.29 is 50.0 Å². The number of hydrogen-bond donors (Lipinski definition) is 8. The van der Waals surface area contributed by atoms with Gasteiger partial charge in [0.05, 0.1) is 25.4 Å². The van der Waals surface area contributed by atoms with Crippen molar-refractivity contribution >= 4 is 5.91 Å². The fraction of sp³-hybridized carbons (Fsp3) is 0.947. The van der Waals surface area contributed by atoms with Crippen molar-refractivity contribution in [3.05, 3.63) is 12.2 Å². The van der Waals surface area contributed by atoms with Gasteiger partial charge in [0.15, 0.2) is 6.29 Å². The molecular formula is C57H111NO10. The van der Waals surface area contributed by atoms with Crippen LogP contribution in [0.1, 0.15) is 277 Å². The van der Waals surface area contributed by atoms with Gasteiger partial charge in [-0.25, -0.2) is 0 Å². The van der Waals surface area contributed by atoms with Gasteiger partial charge >= 0.3 is 0 Å². The average Bonchev–Trinajstić information content (AvgIpc) is 3.34. The van der Waals surface area contributed by atoms with E-state index < -0.39 is 74.2 Å². The van der Waals surface area contributed by atoms with Crippen LogP contribution in [0.2, 0.25) is 0 Å². The molecule has 1 aliphatic heterocycles. The van der Waals surface area contributed by atoms with Crippen LogP contribution in [-0.2, 0) is 14.3 Å². The Hall–Kier alpha value is -1.15. The van der Waals surface area contributed by atoms with Crippen molar-refractivity contribution in [1.29, 1.82) is 0 Å². The predicted octanol–water partition coefficient (Wildman–Crippen LogP) is 12.0. The highest BCUT2D eigenvalue weighted by molar-refractivity contribution is 5.80. The summed E-state index contributed by atoms with van der Waals surface area (Å²) in [6.07, 6.45) is 42.6. The maximum Gasteiger partial charge on any atom is 0.249 e. The van der Waals surface area contributed by atoms with Crippen molar-refractivity contribution in [2.75, 3.05) is 13.2 Å². The smallest absolute Gasteiger partial charge is 0.249 e. The molecule has 1 heterocycles. The van der Waals surface area contributed by atoms with Gasteiger partial charge in [-0.15, -0.1) is 0 Å². The van der Waals surface area contributed by atoms with Crippen LogP contribution in [0, 0.1) is 0 Å². The summed E-state index contributed by atoms with van der Waals surface area (Å²) in [7, 11) is 0. The molecule has 0 aromatic heterocycles. The molecule has 1 fully saturated rings. The molecule has 0 aromatic carbocycles. The van der Waals surface area contributed by atoms with E-state index in [9.17, 15) is 40.5 Å². The van der Waals surface area contributed by atoms with E-state index in [1.54, 1.807) is 0 Å². The minimum atomic E-state index is -1.66. The standard InChI is InChI=1S/C57H111NO10/c1-3-5-7-9-11-13-15-17-19-20-21-22-23-24-25-26-27-28-29-31-33-35-37-39-41-43-45-50(61)56(66)58-48(47-67-57-55(65)54(64)53(63)51(46-59)68-57)52(62)49(60)44-42-40-38-36-34-32-30-18-16-14-12-10-8-6-4-2/h24-25,48-55,57,59-65H,3-23,26-47H2,1-2H3,(H,58,66)/b25-24-. The first kappa shape index (κ1) is 64.9. The summed E-state index contributed by atoms with van der Waals surface area (Å²) in [4.78, 5) is 13.2. The highest BCUT2D eigenvalue weighted by Crippen LogP contribution is 2.23. The summed E-state index contributed by atoms with van der Waals surface area (Å²) in [5, 5.41) is 76.1. The fourth-order valence-corrected chi connectivity index (χ4v) is 9.56. The molecule has 9 atom stereocenters. The Bertz CT molecular complexity index is 1110. The molecule has 1 saturated heterocycles. The van der Waals surface area contributed by atoms with Gasteiger partial charge in [-0.05, 0) is 38.5 Å². The van der Waals surface area contributed by atoms with E-state index >= 15 is 0 Å². The average molecular weight is 971 g/mol. The molecule has 404 valence electrons. The molecule has 8 N–H and O–H groups in total. The second-order valence-electron chi connectivity index (χ2n) is 20.7. The topological polar surface area (TPSA) is 189 Å². The Morgan fingerprint density at radius 3 is 1.24 bits per heavy atom. The highest BCUT2D eigenvalue weighted by atomic mass is 16.7. The Balaban J connectivity index is 2.27. The number of carbonyl (C=O) groups excluding carboxylic acids is 1. The summed E-state index contributed by atoms with van der Waals surface area (Å²) in [5.41, 5.74) is 0. The number of hydrogen-bond acceptors (Lipinski definition) is 10. The van der Waals surface area contributed by atoms with Crippen molar-refractivity contribution in [1.82, 2.24) is 5.32 Å². The highest BCUT2D eigenvalue weighted by Gasteiger charge is 2.44. The van der Waals surface area contributed by atoms with Crippen LogP contribution in [0.4, 0.5) is 0 Å². The van der Waals surface area contributed by atoms with Gasteiger partial charge < -0.3 is 50.5 Å². The van der Waals surface area contributed by atoms with E-state index in [-0.39, 0.29) is 6.42 Å². The molecule has 0 saturated carbocycles. The lowest BCUT2D eigenvalue weighted by atomic mass is 9.98. The molecule has 0 spiro atoms.